The van der Waals surface area contributed by atoms with Gasteiger partial charge in [-0.1, -0.05) is 0 Å². The van der Waals surface area contributed by atoms with Gasteiger partial charge in [-0.05, 0) is 75.4 Å². The van der Waals surface area contributed by atoms with E-state index in [-0.39, 0.29) is 29.3 Å². The highest BCUT2D eigenvalue weighted by molar-refractivity contribution is 5.95. The number of likely N-dealkylation sites (tertiary alicyclic amines) is 2. The number of ether oxygens (including phenoxy) is 1. The molecule has 0 radical (unpaired) electrons. The Labute approximate surface area is 195 Å². The molecule has 3 fully saturated rings. The van der Waals surface area contributed by atoms with E-state index in [1.54, 1.807) is 31.1 Å². The molecule has 0 bridgehead atoms. The fourth-order valence-corrected chi connectivity index (χ4v) is 6.23. The summed E-state index contributed by atoms with van der Waals surface area (Å²) in [7, 11) is 3.52. The number of piperidine rings is 2. The number of carbonyl (C=O) groups excluding carboxylic acids is 2. The van der Waals surface area contributed by atoms with Crippen LogP contribution in [0.5, 0.6) is 0 Å². The van der Waals surface area contributed by atoms with Gasteiger partial charge in [0.05, 0.1) is 0 Å². The first-order valence-corrected chi connectivity index (χ1v) is 12.3. The van der Waals surface area contributed by atoms with E-state index in [2.05, 4.69) is 4.90 Å². The van der Waals surface area contributed by atoms with E-state index in [1.165, 1.54) is 6.07 Å². The topological polar surface area (TPSA) is 56.3 Å². The van der Waals surface area contributed by atoms with Crippen LogP contribution in [0.4, 0.5) is 14.9 Å². The zero-order chi connectivity index (χ0) is 23.2. The van der Waals surface area contributed by atoms with Crippen LogP contribution in [0.2, 0.25) is 0 Å². The zero-order valence-electron chi connectivity index (χ0n) is 19.8. The largest absolute Gasteiger partial charge is 0.368 e. The van der Waals surface area contributed by atoms with Crippen molar-refractivity contribution < 1.29 is 18.7 Å². The molecule has 3 amide bonds. The molecule has 4 aliphatic rings. The number of hydrogen-bond donors (Lipinski definition) is 0. The number of anilines is 1. The number of hydrogen-bond acceptors (Lipinski definition) is 4. The van der Waals surface area contributed by atoms with Crippen molar-refractivity contribution in [2.45, 2.75) is 56.1 Å². The number of carbonyl (C=O) groups is 2. The van der Waals surface area contributed by atoms with Gasteiger partial charge < -0.3 is 19.4 Å². The van der Waals surface area contributed by atoms with Gasteiger partial charge in [0.2, 0.25) is 0 Å². The minimum Gasteiger partial charge on any atom is -0.368 e. The quantitative estimate of drug-likeness (QED) is 0.684. The highest BCUT2D eigenvalue weighted by Gasteiger charge is 2.47. The Hall–Kier alpha value is -2.19. The van der Waals surface area contributed by atoms with E-state index in [9.17, 15) is 14.0 Å². The lowest BCUT2D eigenvalue weighted by molar-refractivity contribution is -0.142. The molecule has 0 N–H and O–H groups in total. The lowest BCUT2D eigenvalue weighted by Gasteiger charge is -2.45. The third-order valence-corrected chi connectivity index (χ3v) is 8.15. The number of nitrogens with zero attached hydrogens (tertiary/aromatic N) is 4. The summed E-state index contributed by atoms with van der Waals surface area (Å²) in [5.74, 6) is -0.0724. The number of urea groups is 1. The summed E-state index contributed by atoms with van der Waals surface area (Å²) < 4.78 is 19.8. The fraction of sp³-hybridized carbons (Fsp3) is 0.680. The van der Waals surface area contributed by atoms with Crippen molar-refractivity contribution in [2.75, 3.05) is 58.3 Å². The molecule has 1 spiro atoms. The summed E-state index contributed by atoms with van der Waals surface area (Å²) in [5, 5.41) is 0. The first-order valence-electron chi connectivity index (χ1n) is 12.3. The first-order chi connectivity index (χ1) is 15.9. The molecular formula is C25H35FN4O3. The van der Waals surface area contributed by atoms with Crippen LogP contribution in [0.25, 0.3) is 0 Å². The molecule has 7 nitrogen and oxygen atoms in total. The normalized spacial score (nSPS) is 25.5. The molecule has 180 valence electrons. The van der Waals surface area contributed by atoms with Gasteiger partial charge in [-0.25, -0.2) is 9.18 Å². The monoisotopic (exact) mass is 458 g/mol. The molecule has 5 rings (SSSR count). The Kier molecular flexibility index (Phi) is 6.07. The van der Waals surface area contributed by atoms with E-state index in [4.69, 9.17) is 4.74 Å². The lowest BCUT2D eigenvalue weighted by Crippen LogP contribution is -2.53. The molecule has 0 aromatic heterocycles. The number of amides is 3. The molecular weight excluding hydrogens is 423 g/mol. The fourth-order valence-electron chi connectivity index (χ4n) is 6.23. The zero-order valence-corrected chi connectivity index (χ0v) is 19.8. The molecule has 4 aliphatic heterocycles. The average Bonchev–Trinajstić information content (AvgIpc) is 3.46. The summed E-state index contributed by atoms with van der Waals surface area (Å²) in [6.45, 7) is 4.78. The van der Waals surface area contributed by atoms with Crippen molar-refractivity contribution in [3.63, 3.8) is 0 Å². The number of benzene rings is 1. The SMILES string of the molecule is CN(C)C(=O)N1CC2(CCN(C3CCN(C(=O)[C@H]4CCCO4)CC3)CC2)c2cc(F)ccc21. The maximum atomic E-state index is 14.2. The smallest absolute Gasteiger partial charge is 0.323 e. The summed E-state index contributed by atoms with van der Waals surface area (Å²) in [6, 6.07) is 5.28. The van der Waals surface area contributed by atoms with E-state index in [1.807, 2.05) is 9.80 Å². The molecule has 1 atom stereocenters. The van der Waals surface area contributed by atoms with Gasteiger partial charge in [-0.2, -0.15) is 0 Å². The van der Waals surface area contributed by atoms with Crippen molar-refractivity contribution in [3.05, 3.63) is 29.6 Å². The maximum absolute atomic E-state index is 14.2. The molecule has 8 heteroatoms. The number of rotatable bonds is 2. The van der Waals surface area contributed by atoms with Crippen LogP contribution in [-0.2, 0) is 14.9 Å². The Morgan fingerprint density at radius 1 is 1.09 bits per heavy atom. The van der Waals surface area contributed by atoms with E-state index in [0.717, 1.165) is 76.0 Å². The highest BCUT2D eigenvalue weighted by Crippen LogP contribution is 2.48. The second-order valence-corrected chi connectivity index (χ2v) is 10.3. The van der Waals surface area contributed by atoms with Gasteiger partial charge in [-0.15, -0.1) is 0 Å². The summed E-state index contributed by atoms with van der Waals surface area (Å²) >= 11 is 0. The molecule has 0 saturated carbocycles. The third-order valence-electron chi connectivity index (χ3n) is 8.15. The van der Waals surface area contributed by atoms with Crippen LogP contribution >= 0.6 is 0 Å². The van der Waals surface area contributed by atoms with E-state index in [0.29, 0.717) is 19.2 Å². The third kappa shape index (κ3) is 4.12. The van der Waals surface area contributed by atoms with Gasteiger partial charge in [0, 0.05) is 57.5 Å². The molecule has 3 saturated heterocycles. The molecule has 1 aromatic rings. The Morgan fingerprint density at radius 3 is 2.45 bits per heavy atom. The van der Waals surface area contributed by atoms with Crippen LogP contribution in [-0.4, -0.2) is 92.2 Å². The molecule has 4 heterocycles. The van der Waals surface area contributed by atoms with Crippen molar-refractivity contribution in [2.24, 2.45) is 0 Å². The number of halogens is 1. The standard InChI is InChI=1S/C25H35FN4O3/c1-27(2)24(32)30-17-25(20-16-18(26)5-6-21(20)30)9-13-28(14-10-25)19-7-11-29(12-8-19)23(31)22-4-3-15-33-22/h5-6,16,19,22H,3-4,7-15,17H2,1-2H3/t22-/m1/s1. The Morgan fingerprint density at radius 2 is 1.82 bits per heavy atom. The summed E-state index contributed by atoms with van der Waals surface area (Å²) in [6.07, 6.45) is 5.40. The predicted octanol–water partition coefficient (Wildman–Crippen LogP) is 2.83. The summed E-state index contributed by atoms with van der Waals surface area (Å²) in [5.41, 5.74) is 1.65. The summed E-state index contributed by atoms with van der Waals surface area (Å²) in [4.78, 5) is 33.4. The molecule has 0 aliphatic carbocycles. The first kappa shape index (κ1) is 22.6. The van der Waals surface area contributed by atoms with Crippen LogP contribution in [0.1, 0.15) is 44.1 Å². The number of fused-ring (bicyclic) bond motifs is 2. The lowest BCUT2D eigenvalue weighted by atomic mass is 9.74. The predicted molar refractivity (Wildman–Crippen MR) is 124 cm³/mol. The average molecular weight is 459 g/mol. The van der Waals surface area contributed by atoms with Crippen molar-refractivity contribution in [1.82, 2.24) is 14.7 Å². The van der Waals surface area contributed by atoms with Crippen LogP contribution in [0.15, 0.2) is 18.2 Å². The Balaban J connectivity index is 1.22. The highest BCUT2D eigenvalue weighted by atomic mass is 19.1. The minimum absolute atomic E-state index is 0.0505. The molecule has 1 aromatic carbocycles. The second-order valence-electron chi connectivity index (χ2n) is 10.3. The maximum Gasteiger partial charge on any atom is 0.323 e. The van der Waals surface area contributed by atoms with Gasteiger partial charge in [-0.3, -0.25) is 9.69 Å². The molecule has 0 unspecified atom stereocenters. The van der Waals surface area contributed by atoms with Gasteiger partial charge in [0.15, 0.2) is 0 Å². The molecule has 33 heavy (non-hydrogen) atoms. The Bertz CT molecular complexity index is 901. The van der Waals surface area contributed by atoms with E-state index < -0.39 is 0 Å². The van der Waals surface area contributed by atoms with E-state index >= 15 is 0 Å². The van der Waals surface area contributed by atoms with Crippen molar-refractivity contribution in [3.8, 4) is 0 Å². The van der Waals surface area contributed by atoms with Gasteiger partial charge in [0.1, 0.15) is 11.9 Å². The second kappa shape index (κ2) is 8.87. The van der Waals surface area contributed by atoms with Crippen LogP contribution in [0, 0.1) is 5.82 Å². The van der Waals surface area contributed by atoms with Gasteiger partial charge in [0.25, 0.3) is 5.91 Å². The van der Waals surface area contributed by atoms with Crippen molar-refractivity contribution >= 4 is 17.6 Å². The van der Waals surface area contributed by atoms with Crippen LogP contribution < -0.4 is 4.90 Å². The van der Waals surface area contributed by atoms with Crippen LogP contribution in [0.3, 0.4) is 0 Å². The van der Waals surface area contributed by atoms with Crippen molar-refractivity contribution in [1.29, 1.82) is 0 Å². The minimum atomic E-state index is -0.238. The van der Waals surface area contributed by atoms with Gasteiger partial charge >= 0.3 is 6.03 Å².